The number of rotatable bonds is 5. The second-order valence-electron chi connectivity index (χ2n) is 2.94. The maximum atomic E-state index is 8.52. The van der Waals surface area contributed by atoms with Crippen LogP contribution in [0.15, 0.2) is 0 Å². The highest BCUT2D eigenvalue weighted by molar-refractivity contribution is 4.59. The lowest BCUT2D eigenvalue weighted by atomic mass is 10.3. The van der Waals surface area contributed by atoms with E-state index in [0.717, 1.165) is 45.6 Å². The third-order valence-corrected chi connectivity index (χ3v) is 1.90. The van der Waals surface area contributed by atoms with E-state index < -0.39 is 0 Å². The Bertz CT molecular complexity index is 105. The van der Waals surface area contributed by atoms with Crippen molar-refractivity contribution in [1.82, 2.24) is 10.4 Å². The molecule has 0 saturated carbocycles. The number of nitrogens with zero attached hydrogens (tertiary/aromatic N) is 1. The molecule has 4 heteroatoms. The Morgan fingerprint density at radius 1 is 1.25 bits per heavy atom. The van der Waals surface area contributed by atoms with E-state index in [1.54, 1.807) is 0 Å². The highest BCUT2D eigenvalue weighted by Gasteiger charge is 2.08. The Morgan fingerprint density at radius 3 is 2.67 bits per heavy atom. The van der Waals surface area contributed by atoms with Crippen molar-refractivity contribution < 1.29 is 9.94 Å². The molecule has 0 amide bonds. The summed E-state index contributed by atoms with van der Waals surface area (Å²) in [6.45, 7) is 4.98. The Hall–Kier alpha value is -0.160. The van der Waals surface area contributed by atoms with E-state index in [0.29, 0.717) is 0 Å². The van der Waals surface area contributed by atoms with Gasteiger partial charge in [0.05, 0.1) is 6.61 Å². The summed E-state index contributed by atoms with van der Waals surface area (Å²) in [4.78, 5) is 5.47. The third-order valence-electron chi connectivity index (χ3n) is 1.90. The number of hydrogen-bond donors (Lipinski definition) is 2. The number of aliphatic hydroxyl groups excluding tert-OH is 1. The highest BCUT2D eigenvalue weighted by atomic mass is 16.7. The van der Waals surface area contributed by atoms with Crippen LogP contribution in [0.2, 0.25) is 0 Å². The molecule has 0 spiro atoms. The Kier molecular flexibility index (Phi) is 5.27. The number of piperazine rings is 1. The van der Waals surface area contributed by atoms with Gasteiger partial charge in [-0.3, -0.25) is 4.84 Å². The zero-order valence-electron chi connectivity index (χ0n) is 7.46. The molecule has 1 aliphatic heterocycles. The van der Waals surface area contributed by atoms with Crippen molar-refractivity contribution >= 4 is 0 Å². The van der Waals surface area contributed by atoms with E-state index in [4.69, 9.17) is 9.94 Å². The Balaban J connectivity index is 1.91. The Morgan fingerprint density at radius 2 is 2.00 bits per heavy atom. The lowest BCUT2D eigenvalue weighted by Crippen LogP contribution is -2.43. The number of hydroxylamine groups is 2. The van der Waals surface area contributed by atoms with Gasteiger partial charge in [0.1, 0.15) is 0 Å². The zero-order chi connectivity index (χ0) is 8.65. The summed E-state index contributed by atoms with van der Waals surface area (Å²) < 4.78 is 0. The average molecular weight is 174 g/mol. The van der Waals surface area contributed by atoms with Crippen LogP contribution in [-0.4, -0.2) is 49.6 Å². The second kappa shape index (κ2) is 6.37. The van der Waals surface area contributed by atoms with Crippen LogP contribution in [0, 0.1) is 0 Å². The van der Waals surface area contributed by atoms with Gasteiger partial charge in [0.2, 0.25) is 0 Å². The van der Waals surface area contributed by atoms with Crippen LogP contribution in [0.1, 0.15) is 12.8 Å². The summed E-state index contributed by atoms with van der Waals surface area (Å²) >= 11 is 0. The smallest absolute Gasteiger partial charge is 0.0685 e. The van der Waals surface area contributed by atoms with Crippen molar-refractivity contribution in [2.75, 3.05) is 39.4 Å². The van der Waals surface area contributed by atoms with Gasteiger partial charge in [-0.2, -0.15) is 5.06 Å². The summed E-state index contributed by atoms with van der Waals surface area (Å²) in [7, 11) is 0. The number of nitrogens with one attached hydrogen (secondary N) is 1. The first-order chi connectivity index (χ1) is 5.93. The Labute approximate surface area is 73.5 Å². The molecule has 1 heterocycles. The van der Waals surface area contributed by atoms with E-state index in [-0.39, 0.29) is 6.61 Å². The lowest BCUT2D eigenvalue weighted by molar-refractivity contribution is -0.165. The summed E-state index contributed by atoms with van der Waals surface area (Å²) in [6, 6.07) is 0. The molecule has 0 radical (unpaired) electrons. The van der Waals surface area contributed by atoms with Crippen LogP contribution in [-0.2, 0) is 4.84 Å². The molecule has 0 unspecified atom stereocenters. The van der Waals surface area contributed by atoms with Gasteiger partial charge >= 0.3 is 0 Å². The zero-order valence-corrected chi connectivity index (χ0v) is 7.46. The van der Waals surface area contributed by atoms with E-state index in [1.807, 2.05) is 5.06 Å². The van der Waals surface area contributed by atoms with E-state index >= 15 is 0 Å². The SMILES string of the molecule is OCCCCON1CCNCC1. The average Bonchev–Trinajstić information content (AvgIpc) is 2.14. The minimum Gasteiger partial charge on any atom is -0.396 e. The van der Waals surface area contributed by atoms with Gasteiger partial charge < -0.3 is 10.4 Å². The van der Waals surface area contributed by atoms with Gasteiger partial charge in [0, 0.05) is 32.8 Å². The monoisotopic (exact) mass is 174 g/mol. The highest BCUT2D eigenvalue weighted by Crippen LogP contribution is 1.96. The van der Waals surface area contributed by atoms with Crippen molar-refractivity contribution in [3.8, 4) is 0 Å². The molecule has 1 fully saturated rings. The molecule has 2 N–H and O–H groups in total. The van der Waals surface area contributed by atoms with E-state index in [9.17, 15) is 0 Å². The maximum Gasteiger partial charge on any atom is 0.0685 e. The van der Waals surface area contributed by atoms with Crippen LogP contribution >= 0.6 is 0 Å². The van der Waals surface area contributed by atoms with Crippen LogP contribution in [0.4, 0.5) is 0 Å². The van der Waals surface area contributed by atoms with Crippen LogP contribution in [0.25, 0.3) is 0 Å². The molecule has 4 nitrogen and oxygen atoms in total. The fourth-order valence-corrected chi connectivity index (χ4v) is 1.18. The summed E-state index contributed by atoms with van der Waals surface area (Å²) in [5.74, 6) is 0. The lowest BCUT2D eigenvalue weighted by Gasteiger charge is -2.26. The molecule has 0 aromatic heterocycles. The summed E-state index contributed by atoms with van der Waals surface area (Å²) in [5.41, 5.74) is 0. The molecule has 0 aliphatic carbocycles. The quantitative estimate of drug-likeness (QED) is 0.556. The van der Waals surface area contributed by atoms with Crippen LogP contribution in [0.5, 0.6) is 0 Å². The number of hydrogen-bond acceptors (Lipinski definition) is 4. The van der Waals surface area contributed by atoms with Crippen molar-refractivity contribution in [2.45, 2.75) is 12.8 Å². The molecule has 12 heavy (non-hydrogen) atoms. The minimum absolute atomic E-state index is 0.269. The molecule has 72 valence electrons. The maximum absolute atomic E-state index is 8.52. The summed E-state index contributed by atoms with van der Waals surface area (Å²) in [5, 5.41) is 13.8. The molecule has 0 aromatic carbocycles. The molecular formula is C8H18N2O2. The predicted molar refractivity (Wildman–Crippen MR) is 46.7 cm³/mol. The number of aliphatic hydroxyl groups is 1. The van der Waals surface area contributed by atoms with Crippen molar-refractivity contribution in [3.05, 3.63) is 0 Å². The molecule has 1 rings (SSSR count). The molecule has 0 bridgehead atoms. The first-order valence-electron chi connectivity index (χ1n) is 4.63. The fourth-order valence-electron chi connectivity index (χ4n) is 1.18. The summed E-state index contributed by atoms with van der Waals surface area (Å²) in [6.07, 6.45) is 1.78. The first kappa shape index (κ1) is 9.92. The molecule has 1 saturated heterocycles. The van der Waals surface area contributed by atoms with Gasteiger partial charge in [-0.25, -0.2) is 0 Å². The standard InChI is InChI=1S/C8H18N2O2/c11-7-1-2-8-12-10-5-3-9-4-6-10/h9,11H,1-8H2. The topological polar surface area (TPSA) is 44.7 Å². The normalized spacial score (nSPS) is 19.8. The predicted octanol–water partition coefficient (Wildman–Crippen LogP) is -0.404. The second-order valence-corrected chi connectivity index (χ2v) is 2.94. The largest absolute Gasteiger partial charge is 0.396 e. The third kappa shape index (κ3) is 4.01. The van der Waals surface area contributed by atoms with Crippen molar-refractivity contribution in [2.24, 2.45) is 0 Å². The van der Waals surface area contributed by atoms with Crippen LogP contribution in [0.3, 0.4) is 0 Å². The minimum atomic E-state index is 0.269. The molecular weight excluding hydrogens is 156 g/mol. The van der Waals surface area contributed by atoms with Gasteiger partial charge in [-0.15, -0.1) is 0 Å². The van der Waals surface area contributed by atoms with Gasteiger partial charge in [-0.05, 0) is 12.8 Å². The van der Waals surface area contributed by atoms with Gasteiger partial charge in [0.25, 0.3) is 0 Å². The number of unbranched alkanes of at least 4 members (excludes halogenated alkanes) is 1. The fraction of sp³-hybridized carbons (Fsp3) is 1.00. The van der Waals surface area contributed by atoms with Crippen molar-refractivity contribution in [1.29, 1.82) is 0 Å². The van der Waals surface area contributed by atoms with E-state index in [2.05, 4.69) is 5.32 Å². The van der Waals surface area contributed by atoms with Crippen molar-refractivity contribution in [3.63, 3.8) is 0 Å². The molecule has 0 atom stereocenters. The van der Waals surface area contributed by atoms with Gasteiger partial charge in [-0.1, -0.05) is 0 Å². The molecule has 1 aliphatic rings. The van der Waals surface area contributed by atoms with Crippen LogP contribution < -0.4 is 5.32 Å². The first-order valence-corrected chi connectivity index (χ1v) is 4.63. The van der Waals surface area contributed by atoms with E-state index in [1.165, 1.54) is 0 Å². The molecule has 0 aromatic rings. The van der Waals surface area contributed by atoms with Gasteiger partial charge in [0.15, 0.2) is 0 Å².